The van der Waals surface area contributed by atoms with Crippen LogP contribution in [0, 0.1) is 0 Å². The van der Waals surface area contributed by atoms with Gasteiger partial charge in [0.1, 0.15) is 0 Å². The summed E-state index contributed by atoms with van der Waals surface area (Å²) in [6, 6.07) is 0.120. The van der Waals surface area contributed by atoms with Crippen LogP contribution in [0.25, 0.3) is 0 Å². The van der Waals surface area contributed by atoms with E-state index in [9.17, 15) is 9.59 Å². The van der Waals surface area contributed by atoms with E-state index in [1.54, 1.807) is 11.9 Å². The lowest BCUT2D eigenvalue weighted by Gasteiger charge is -2.15. The van der Waals surface area contributed by atoms with Crippen molar-refractivity contribution in [2.24, 2.45) is 5.73 Å². The minimum absolute atomic E-state index is 0.0984. The summed E-state index contributed by atoms with van der Waals surface area (Å²) in [5.41, 5.74) is 4.96. The van der Waals surface area contributed by atoms with Crippen molar-refractivity contribution in [2.45, 2.75) is 19.9 Å². The number of amides is 2. The molecule has 0 saturated heterocycles. The van der Waals surface area contributed by atoms with Crippen LogP contribution in [0.3, 0.4) is 0 Å². The van der Waals surface area contributed by atoms with Crippen LogP contribution >= 0.6 is 0 Å². The highest BCUT2D eigenvalue weighted by molar-refractivity contribution is 5.80. The topological polar surface area (TPSA) is 75.4 Å². The first-order chi connectivity index (χ1) is 5.91. The molecule has 0 spiro atoms. The molecule has 0 rings (SSSR count). The lowest BCUT2D eigenvalue weighted by Crippen LogP contribution is -2.41. The van der Waals surface area contributed by atoms with Crippen LogP contribution in [0.15, 0.2) is 0 Å². The normalized spacial score (nSPS) is 10.5. The number of nitrogens with one attached hydrogen (secondary N) is 1. The fourth-order valence-corrected chi connectivity index (χ4v) is 0.935. The smallest absolute Gasteiger partial charge is 0.234 e. The van der Waals surface area contributed by atoms with E-state index in [1.807, 2.05) is 13.8 Å². The van der Waals surface area contributed by atoms with E-state index in [2.05, 4.69) is 5.32 Å². The number of carbonyl (C=O) groups excluding carboxylic acids is 2. The van der Waals surface area contributed by atoms with Gasteiger partial charge in [-0.25, -0.2) is 0 Å². The molecule has 0 heterocycles. The van der Waals surface area contributed by atoms with Gasteiger partial charge in [0.2, 0.25) is 11.8 Å². The van der Waals surface area contributed by atoms with E-state index in [4.69, 9.17) is 5.73 Å². The summed E-state index contributed by atoms with van der Waals surface area (Å²) in [6.45, 7) is 4.06. The first-order valence-electron chi connectivity index (χ1n) is 4.18. The number of likely N-dealkylation sites (N-methyl/N-ethyl adjacent to an activating group) is 1. The number of nitrogens with zero attached hydrogens (tertiary/aromatic N) is 1. The van der Waals surface area contributed by atoms with Crippen LogP contribution in [0.4, 0.5) is 0 Å². The van der Waals surface area contributed by atoms with Crippen molar-refractivity contribution in [2.75, 3.05) is 20.1 Å². The van der Waals surface area contributed by atoms with Gasteiger partial charge in [0.05, 0.1) is 13.1 Å². The van der Waals surface area contributed by atoms with Gasteiger partial charge < -0.3 is 11.1 Å². The Kier molecular flexibility index (Phi) is 5.06. The molecular formula is C8H17N3O2. The van der Waals surface area contributed by atoms with Crippen molar-refractivity contribution in [3.8, 4) is 0 Å². The maximum Gasteiger partial charge on any atom is 0.234 e. The fraction of sp³-hybridized carbons (Fsp3) is 0.750. The minimum atomic E-state index is -0.431. The average molecular weight is 187 g/mol. The average Bonchev–Trinajstić information content (AvgIpc) is 1.80. The maximum atomic E-state index is 11.1. The van der Waals surface area contributed by atoms with E-state index in [0.29, 0.717) is 0 Å². The highest BCUT2D eigenvalue weighted by Gasteiger charge is 2.08. The van der Waals surface area contributed by atoms with Gasteiger partial charge in [-0.2, -0.15) is 0 Å². The molecule has 5 nitrogen and oxygen atoms in total. The Morgan fingerprint density at radius 1 is 1.38 bits per heavy atom. The number of hydrogen-bond acceptors (Lipinski definition) is 3. The van der Waals surface area contributed by atoms with E-state index in [0.717, 1.165) is 0 Å². The van der Waals surface area contributed by atoms with E-state index in [-0.39, 0.29) is 25.0 Å². The summed E-state index contributed by atoms with van der Waals surface area (Å²) < 4.78 is 0. The Labute approximate surface area is 78.3 Å². The second-order valence-corrected chi connectivity index (χ2v) is 3.36. The zero-order chi connectivity index (χ0) is 10.4. The number of hydrogen-bond donors (Lipinski definition) is 2. The monoisotopic (exact) mass is 187 g/mol. The Hall–Kier alpha value is -1.10. The number of rotatable bonds is 5. The zero-order valence-electron chi connectivity index (χ0n) is 8.33. The molecule has 0 atom stereocenters. The molecule has 0 aromatic rings. The third-order valence-electron chi connectivity index (χ3n) is 1.29. The maximum absolute atomic E-state index is 11.1. The summed E-state index contributed by atoms with van der Waals surface area (Å²) in [5, 5.41) is 2.71. The summed E-state index contributed by atoms with van der Waals surface area (Å²) in [4.78, 5) is 23.2. The van der Waals surface area contributed by atoms with Gasteiger partial charge >= 0.3 is 0 Å². The van der Waals surface area contributed by atoms with Gasteiger partial charge in [0.15, 0.2) is 0 Å². The Bertz CT molecular complexity index is 192. The van der Waals surface area contributed by atoms with Crippen molar-refractivity contribution < 1.29 is 9.59 Å². The quantitative estimate of drug-likeness (QED) is 0.575. The first kappa shape index (κ1) is 11.9. The first-order valence-corrected chi connectivity index (χ1v) is 4.18. The van der Waals surface area contributed by atoms with Crippen molar-refractivity contribution >= 4 is 11.8 Å². The standard InChI is InChI=1S/C8H17N3O2/c1-6(2)10-8(13)5-11(3)4-7(9)12/h6H,4-5H2,1-3H3,(H2,9,12)(H,10,13). The molecule has 0 aliphatic rings. The third-order valence-corrected chi connectivity index (χ3v) is 1.29. The molecule has 0 fully saturated rings. The van der Waals surface area contributed by atoms with Crippen molar-refractivity contribution in [1.82, 2.24) is 10.2 Å². The molecular weight excluding hydrogens is 170 g/mol. The molecule has 3 N–H and O–H groups in total. The highest BCUT2D eigenvalue weighted by Crippen LogP contribution is 1.83. The molecule has 0 saturated carbocycles. The summed E-state index contributed by atoms with van der Waals surface area (Å²) in [5.74, 6) is -0.529. The van der Waals surface area contributed by atoms with Gasteiger partial charge in [-0.15, -0.1) is 0 Å². The Morgan fingerprint density at radius 2 is 1.92 bits per heavy atom. The molecule has 13 heavy (non-hydrogen) atoms. The van der Waals surface area contributed by atoms with Crippen LogP contribution < -0.4 is 11.1 Å². The van der Waals surface area contributed by atoms with Gasteiger partial charge in [-0.1, -0.05) is 0 Å². The number of carbonyl (C=O) groups is 2. The number of primary amides is 1. The summed E-state index contributed by atoms with van der Waals surface area (Å²) >= 11 is 0. The Morgan fingerprint density at radius 3 is 2.31 bits per heavy atom. The van der Waals surface area contributed by atoms with Crippen LogP contribution in [0.5, 0.6) is 0 Å². The molecule has 0 bridgehead atoms. The van der Waals surface area contributed by atoms with Gasteiger partial charge in [-0.3, -0.25) is 14.5 Å². The van der Waals surface area contributed by atoms with E-state index >= 15 is 0 Å². The fourth-order valence-electron chi connectivity index (χ4n) is 0.935. The summed E-state index contributed by atoms with van der Waals surface area (Å²) in [6.07, 6.45) is 0. The lowest BCUT2D eigenvalue weighted by molar-refractivity contribution is -0.123. The molecule has 5 heteroatoms. The molecule has 0 unspecified atom stereocenters. The third kappa shape index (κ3) is 7.27. The van der Waals surface area contributed by atoms with Crippen LogP contribution in [0.2, 0.25) is 0 Å². The van der Waals surface area contributed by atoms with Gasteiger partial charge in [0.25, 0.3) is 0 Å². The zero-order valence-corrected chi connectivity index (χ0v) is 8.33. The predicted molar refractivity (Wildman–Crippen MR) is 50.0 cm³/mol. The second-order valence-electron chi connectivity index (χ2n) is 3.36. The van der Waals surface area contributed by atoms with Gasteiger partial charge in [0, 0.05) is 6.04 Å². The molecule has 0 radical (unpaired) electrons. The van der Waals surface area contributed by atoms with Crippen LogP contribution in [-0.4, -0.2) is 42.9 Å². The predicted octanol–water partition coefficient (Wildman–Crippen LogP) is -1.07. The largest absolute Gasteiger partial charge is 0.369 e. The Balaban J connectivity index is 3.71. The van der Waals surface area contributed by atoms with Crippen molar-refractivity contribution in [3.05, 3.63) is 0 Å². The van der Waals surface area contributed by atoms with E-state index in [1.165, 1.54) is 0 Å². The lowest BCUT2D eigenvalue weighted by atomic mass is 10.4. The highest BCUT2D eigenvalue weighted by atomic mass is 16.2. The molecule has 0 aliphatic heterocycles. The van der Waals surface area contributed by atoms with E-state index < -0.39 is 5.91 Å². The summed E-state index contributed by atoms with van der Waals surface area (Å²) in [7, 11) is 1.67. The minimum Gasteiger partial charge on any atom is -0.369 e. The second kappa shape index (κ2) is 5.53. The van der Waals surface area contributed by atoms with Crippen molar-refractivity contribution in [1.29, 1.82) is 0 Å². The molecule has 2 amide bonds. The number of nitrogens with two attached hydrogens (primary N) is 1. The van der Waals surface area contributed by atoms with Crippen LogP contribution in [0.1, 0.15) is 13.8 Å². The van der Waals surface area contributed by atoms with Crippen molar-refractivity contribution in [3.63, 3.8) is 0 Å². The van der Waals surface area contributed by atoms with Crippen LogP contribution in [-0.2, 0) is 9.59 Å². The molecule has 0 aliphatic carbocycles. The molecule has 76 valence electrons. The molecule has 0 aromatic heterocycles. The SMILES string of the molecule is CC(C)NC(=O)CN(C)CC(N)=O. The van der Waals surface area contributed by atoms with Gasteiger partial charge in [-0.05, 0) is 20.9 Å². The molecule has 0 aromatic carbocycles.